The smallest absolute Gasteiger partial charge is 0.236 e. The Labute approximate surface area is 136 Å². The van der Waals surface area contributed by atoms with Crippen LogP contribution in [0.5, 0.6) is 0 Å². The molecular formula is C14H15N3OS3. The van der Waals surface area contributed by atoms with Gasteiger partial charge in [0.25, 0.3) is 0 Å². The first-order chi connectivity index (χ1) is 10.3. The summed E-state index contributed by atoms with van der Waals surface area (Å²) < 4.78 is 0.835. The molecule has 21 heavy (non-hydrogen) atoms. The molecule has 0 aliphatic carbocycles. The Morgan fingerprint density at radius 2 is 2.14 bits per heavy atom. The van der Waals surface area contributed by atoms with Crippen LogP contribution in [-0.4, -0.2) is 27.6 Å². The van der Waals surface area contributed by atoms with Crippen LogP contribution in [0.25, 0.3) is 0 Å². The normalized spacial score (nSPS) is 10.3. The maximum Gasteiger partial charge on any atom is 0.236 e. The van der Waals surface area contributed by atoms with Gasteiger partial charge in [-0.25, -0.2) is 0 Å². The van der Waals surface area contributed by atoms with Crippen LogP contribution in [0.3, 0.4) is 0 Å². The van der Waals surface area contributed by atoms with Crippen LogP contribution in [0.2, 0.25) is 0 Å². The Hall–Kier alpha value is -1.31. The summed E-state index contributed by atoms with van der Waals surface area (Å²) in [5.41, 5.74) is 1.22. The summed E-state index contributed by atoms with van der Waals surface area (Å²) in [7, 11) is 0. The summed E-state index contributed by atoms with van der Waals surface area (Å²) in [6, 6.07) is 10.1. The zero-order valence-electron chi connectivity index (χ0n) is 11.3. The molecule has 0 saturated carbocycles. The van der Waals surface area contributed by atoms with Crippen molar-refractivity contribution in [2.24, 2.45) is 0 Å². The minimum Gasteiger partial charge on any atom is -0.300 e. The second-order valence-corrected chi connectivity index (χ2v) is 7.23. The molecule has 7 heteroatoms. The number of amides is 1. The number of aromatic nitrogens is 2. The van der Waals surface area contributed by atoms with Crippen LogP contribution < -0.4 is 5.32 Å². The lowest BCUT2D eigenvalue weighted by atomic mass is 10.2. The highest BCUT2D eigenvalue weighted by Crippen LogP contribution is 2.25. The first kappa shape index (κ1) is 16.1. The van der Waals surface area contributed by atoms with Crippen molar-refractivity contribution in [2.75, 3.05) is 16.8 Å². The second-order valence-electron chi connectivity index (χ2n) is 4.00. The number of nitrogens with one attached hydrogen (secondary N) is 1. The lowest BCUT2D eigenvalue weighted by molar-refractivity contribution is -0.113. The highest BCUT2D eigenvalue weighted by Gasteiger charge is 2.08. The summed E-state index contributed by atoms with van der Waals surface area (Å²) in [6.07, 6.45) is 1.81. The van der Waals surface area contributed by atoms with Gasteiger partial charge in [-0.05, 0) is 5.56 Å². The number of nitrogens with zero attached hydrogens (tertiary/aromatic N) is 2. The van der Waals surface area contributed by atoms with E-state index in [-0.39, 0.29) is 5.91 Å². The van der Waals surface area contributed by atoms with E-state index < -0.39 is 0 Å². The molecule has 0 aliphatic heterocycles. The fraction of sp³-hybridized carbons (Fsp3) is 0.214. The first-order valence-electron chi connectivity index (χ1n) is 6.26. The molecule has 0 saturated heterocycles. The van der Waals surface area contributed by atoms with Gasteiger partial charge >= 0.3 is 0 Å². The average Bonchev–Trinajstić information content (AvgIpc) is 2.93. The molecular weight excluding hydrogens is 322 g/mol. The van der Waals surface area contributed by atoms with E-state index in [1.807, 2.05) is 24.3 Å². The molecule has 0 unspecified atom stereocenters. The van der Waals surface area contributed by atoms with Crippen molar-refractivity contribution in [1.29, 1.82) is 0 Å². The number of carbonyl (C=O) groups is 1. The SMILES string of the molecule is C=CCSc1nnc(NC(=O)CSCc2ccccc2)s1. The fourth-order valence-corrected chi connectivity index (χ4v) is 3.76. The fourth-order valence-electron chi connectivity index (χ4n) is 1.44. The van der Waals surface area contributed by atoms with E-state index in [2.05, 4.69) is 34.2 Å². The lowest BCUT2D eigenvalue weighted by Crippen LogP contribution is -2.13. The van der Waals surface area contributed by atoms with E-state index in [0.29, 0.717) is 10.9 Å². The topological polar surface area (TPSA) is 54.9 Å². The molecule has 1 aromatic heterocycles. The van der Waals surface area contributed by atoms with Gasteiger partial charge in [-0.3, -0.25) is 10.1 Å². The maximum absolute atomic E-state index is 11.8. The van der Waals surface area contributed by atoms with E-state index in [1.165, 1.54) is 16.9 Å². The minimum atomic E-state index is -0.0487. The van der Waals surface area contributed by atoms with E-state index >= 15 is 0 Å². The van der Waals surface area contributed by atoms with Crippen molar-refractivity contribution < 1.29 is 4.79 Å². The largest absolute Gasteiger partial charge is 0.300 e. The molecule has 0 spiro atoms. The quantitative estimate of drug-likeness (QED) is 0.452. The lowest BCUT2D eigenvalue weighted by Gasteiger charge is -2.01. The van der Waals surface area contributed by atoms with Gasteiger partial charge in [0.2, 0.25) is 11.0 Å². The number of hydrogen-bond donors (Lipinski definition) is 1. The Kier molecular flexibility index (Phi) is 6.78. The van der Waals surface area contributed by atoms with Crippen LogP contribution in [0, 0.1) is 0 Å². The Bertz CT molecular complexity index is 586. The molecule has 0 radical (unpaired) electrons. The predicted octanol–water partition coefficient (Wildman–Crippen LogP) is 3.69. The third kappa shape index (κ3) is 5.91. The standard InChI is InChI=1S/C14H15N3OS3/c1-2-8-20-14-17-16-13(21-14)15-12(18)10-19-9-11-6-4-3-5-7-11/h2-7H,1,8-10H2,(H,15,16,18). The number of rotatable bonds is 8. The molecule has 1 amide bonds. The highest BCUT2D eigenvalue weighted by molar-refractivity contribution is 8.01. The first-order valence-corrected chi connectivity index (χ1v) is 9.22. The zero-order valence-corrected chi connectivity index (χ0v) is 13.8. The molecule has 110 valence electrons. The molecule has 1 N–H and O–H groups in total. The summed E-state index contributed by atoms with van der Waals surface area (Å²) in [5, 5.41) is 11.3. The van der Waals surface area contributed by atoms with Gasteiger partial charge in [-0.2, -0.15) is 0 Å². The van der Waals surface area contributed by atoms with Gasteiger partial charge in [-0.1, -0.05) is 59.5 Å². The van der Waals surface area contributed by atoms with Gasteiger partial charge < -0.3 is 0 Å². The zero-order chi connectivity index (χ0) is 14.9. The summed E-state index contributed by atoms with van der Waals surface area (Å²) >= 11 is 4.52. The van der Waals surface area contributed by atoms with Crippen molar-refractivity contribution in [3.63, 3.8) is 0 Å². The van der Waals surface area contributed by atoms with Crippen molar-refractivity contribution in [1.82, 2.24) is 10.2 Å². The molecule has 1 aromatic carbocycles. The Balaban J connectivity index is 1.71. The van der Waals surface area contributed by atoms with Crippen LogP contribution in [0.15, 0.2) is 47.3 Å². The van der Waals surface area contributed by atoms with Gasteiger partial charge in [-0.15, -0.1) is 28.5 Å². The molecule has 2 aromatic rings. The van der Waals surface area contributed by atoms with E-state index in [9.17, 15) is 4.79 Å². The molecule has 1 heterocycles. The number of anilines is 1. The number of benzene rings is 1. The van der Waals surface area contributed by atoms with Crippen molar-refractivity contribution >= 4 is 45.9 Å². The van der Waals surface area contributed by atoms with Crippen LogP contribution >= 0.6 is 34.9 Å². The van der Waals surface area contributed by atoms with Crippen LogP contribution in [0.1, 0.15) is 5.56 Å². The van der Waals surface area contributed by atoms with Gasteiger partial charge in [0.1, 0.15) is 0 Å². The minimum absolute atomic E-state index is 0.0487. The van der Waals surface area contributed by atoms with Gasteiger partial charge in [0, 0.05) is 11.5 Å². The molecule has 0 fully saturated rings. The number of carbonyl (C=O) groups excluding carboxylic acids is 1. The summed E-state index contributed by atoms with van der Waals surface area (Å²) in [6.45, 7) is 3.65. The maximum atomic E-state index is 11.8. The average molecular weight is 337 g/mol. The van der Waals surface area contributed by atoms with Gasteiger partial charge in [0.15, 0.2) is 4.34 Å². The van der Waals surface area contributed by atoms with Crippen molar-refractivity contribution in [3.05, 3.63) is 48.6 Å². The third-order valence-corrected chi connectivity index (χ3v) is 5.29. The monoisotopic (exact) mass is 337 g/mol. The Morgan fingerprint density at radius 1 is 1.33 bits per heavy atom. The highest BCUT2D eigenvalue weighted by atomic mass is 32.2. The van der Waals surface area contributed by atoms with Crippen LogP contribution in [0.4, 0.5) is 5.13 Å². The third-order valence-electron chi connectivity index (χ3n) is 2.32. The molecule has 4 nitrogen and oxygen atoms in total. The van der Waals surface area contributed by atoms with Crippen LogP contribution in [-0.2, 0) is 10.5 Å². The molecule has 0 aliphatic rings. The summed E-state index contributed by atoms with van der Waals surface area (Å²) in [4.78, 5) is 11.8. The predicted molar refractivity (Wildman–Crippen MR) is 92.1 cm³/mol. The van der Waals surface area contributed by atoms with Gasteiger partial charge in [0.05, 0.1) is 5.75 Å². The van der Waals surface area contributed by atoms with E-state index in [4.69, 9.17) is 0 Å². The molecule has 0 bridgehead atoms. The molecule has 2 rings (SSSR count). The second kappa shape index (κ2) is 8.86. The Morgan fingerprint density at radius 3 is 2.90 bits per heavy atom. The van der Waals surface area contributed by atoms with Crippen molar-refractivity contribution in [3.8, 4) is 0 Å². The molecule has 0 atom stereocenters. The number of hydrogen-bond acceptors (Lipinski definition) is 6. The van der Waals surface area contributed by atoms with Crippen molar-refractivity contribution in [2.45, 2.75) is 10.1 Å². The summed E-state index contributed by atoms with van der Waals surface area (Å²) in [5.74, 6) is 1.97. The van der Waals surface area contributed by atoms with E-state index in [0.717, 1.165) is 15.8 Å². The number of thioether (sulfide) groups is 2. The van der Waals surface area contributed by atoms with E-state index in [1.54, 1.807) is 23.5 Å².